The molecule has 0 unspecified atom stereocenters. The number of amides is 1. The molecule has 0 atom stereocenters. The average molecular weight is 331 g/mol. The standard InChI is InChI=1S/C16H21N5OS/c1-23-21-8-6-20(7-9-21)13-10-14(19-16(22)11-2-3-11)18-15-12(13)4-5-17-15/h4-5,10-11H,2-3,6-9H2,1H3,(H2,17,18,19,22). The molecule has 0 spiro atoms. The summed E-state index contributed by atoms with van der Waals surface area (Å²) in [7, 11) is 0. The molecule has 1 aliphatic carbocycles. The zero-order valence-corrected chi connectivity index (χ0v) is 14.0. The molecule has 2 aromatic heterocycles. The van der Waals surface area contributed by atoms with Gasteiger partial charge in [-0.2, -0.15) is 0 Å². The highest BCUT2D eigenvalue weighted by Gasteiger charge is 2.30. The Labute approximate surface area is 139 Å². The van der Waals surface area contributed by atoms with Crippen LogP contribution in [0.25, 0.3) is 11.0 Å². The highest BCUT2D eigenvalue weighted by atomic mass is 32.2. The zero-order chi connectivity index (χ0) is 15.8. The molecule has 23 heavy (non-hydrogen) atoms. The number of carbonyl (C=O) groups excluding carboxylic acids is 1. The highest BCUT2D eigenvalue weighted by Crippen LogP contribution is 2.32. The maximum absolute atomic E-state index is 12.0. The summed E-state index contributed by atoms with van der Waals surface area (Å²) in [6.45, 7) is 4.06. The van der Waals surface area contributed by atoms with E-state index < -0.39 is 0 Å². The molecule has 122 valence electrons. The second kappa shape index (κ2) is 6.05. The third-order valence-corrected chi connectivity index (χ3v) is 5.43. The van der Waals surface area contributed by atoms with Gasteiger partial charge in [0, 0.05) is 49.7 Å². The third-order valence-electron chi connectivity index (χ3n) is 4.54. The van der Waals surface area contributed by atoms with E-state index >= 15 is 0 Å². The first-order valence-electron chi connectivity index (χ1n) is 8.07. The fourth-order valence-corrected chi connectivity index (χ4v) is 3.56. The number of hydrogen-bond acceptors (Lipinski definition) is 5. The lowest BCUT2D eigenvalue weighted by atomic mass is 10.2. The lowest BCUT2D eigenvalue weighted by molar-refractivity contribution is -0.117. The van der Waals surface area contributed by atoms with Gasteiger partial charge in [0.1, 0.15) is 11.5 Å². The van der Waals surface area contributed by atoms with Crippen LogP contribution in [0.3, 0.4) is 0 Å². The van der Waals surface area contributed by atoms with E-state index in [1.807, 2.05) is 12.3 Å². The van der Waals surface area contributed by atoms with E-state index in [-0.39, 0.29) is 11.8 Å². The van der Waals surface area contributed by atoms with Gasteiger partial charge in [0.2, 0.25) is 5.91 Å². The Morgan fingerprint density at radius 2 is 2.13 bits per heavy atom. The lowest BCUT2D eigenvalue weighted by Gasteiger charge is -2.35. The molecule has 3 heterocycles. The van der Waals surface area contributed by atoms with Crippen molar-refractivity contribution in [3.8, 4) is 0 Å². The van der Waals surface area contributed by atoms with Crippen molar-refractivity contribution in [1.82, 2.24) is 14.3 Å². The van der Waals surface area contributed by atoms with E-state index in [0.717, 1.165) is 55.7 Å². The molecule has 2 fully saturated rings. The summed E-state index contributed by atoms with van der Waals surface area (Å²) >= 11 is 1.80. The Hall–Kier alpha value is -1.73. The van der Waals surface area contributed by atoms with Gasteiger partial charge in [-0.1, -0.05) is 11.9 Å². The van der Waals surface area contributed by atoms with E-state index in [0.29, 0.717) is 5.82 Å². The average Bonchev–Trinajstić information content (AvgIpc) is 3.33. The molecular formula is C16H21N5OS. The molecule has 0 aromatic carbocycles. The van der Waals surface area contributed by atoms with Crippen LogP contribution in [-0.4, -0.2) is 52.6 Å². The van der Waals surface area contributed by atoms with Crippen LogP contribution in [0.5, 0.6) is 0 Å². The molecule has 2 aromatic rings. The van der Waals surface area contributed by atoms with Crippen LogP contribution in [0.2, 0.25) is 0 Å². The SMILES string of the molecule is CSN1CCN(c2cc(NC(=O)C3CC3)nc3[nH]ccc23)CC1. The van der Waals surface area contributed by atoms with Crippen molar-refractivity contribution >= 4 is 40.4 Å². The number of piperazine rings is 1. The molecule has 2 N–H and O–H groups in total. The molecule has 1 saturated heterocycles. The van der Waals surface area contributed by atoms with Gasteiger partial charge in [-0.15, -0.1) is 0 Å². The molecular weight excluding hydrogens is 310 g/mol. The fourth-order valence-electron chi connectivity index (χ4n) is 3.03. The number of carbonyl (C=O) groups is 1. The number of rotatable bonds is 4. The first-order valence-corrected chi connectivity index (χ1v) is 9.26. The molecule has 0 radical (unpaired) electrons. The van der Waals surface area contributed by atoms with Crippen molar-refractivity contribution in [3.05, 3.63) is 18.3 Å². The van der Waals surface area contributed by atoms with Gasteiger partial charge >= 0.3 is 0 Å². The van der Waals surface area contributed by atoms with Crippen LogP contribution < -0.4 is 10.2 Å². The topological polar surface area (TPSA) is 64.3 Å². The van der Waals surface area contributed by atoms with E-state index in [1.54, 1.807) is 11.9 Å². The van der Waals surface area contributed by atoms with E-state index in [1.165, 1.54) is 0 Å². The second-order valence-electron chi connectivity index (χ2n) is 6.13. The van der Waals surface area contributed by atoms with E-state index in [2.05, 4.69) is 36.8 Å². The molecule has 7 heteroatoms. The summed E-state index contributed by atoms with van der Waals surface area (Å²) in [6.07, 6.45) is 6.03. The summed E-state index contributed by atoms with van der Waals surface area (Å²) in [5.74, 6) is 0.936. The monoisotopic (exact) mass is 331 g/mol. The van der Waals surface area contributed by atoms with Crippen LogP contribution in [-0.2, 0) is 4.79 Å². The number of aromatic amines is 1. The number of fused-ring (bicyclic) bond motifs is 1. The van der Waals surface area contributed by atoms with Gasteiger partial charge in [0.15, 0.2) is 0 Å². The van der Waals surface area contributed by atoms with Crippen molar-refractivity contribution in [3.63, 3.8) is 0 Å². The minimum Gasteiger partial charge on any atom is -0.368 e. The first-order chi connectivity index (χ1) is 11.2. The Morgan fingerprint density at radius 3 is 2.83 bits per heavy atom. The molecule has 1 amide bonds. The van der Waals surface area contributed by atoms with Crippen molar-refractivity contribution in [1.29, 1.82) is 0 Å². The van der Waals surface area contributed by atoms with Gasteiger partial charge in [-0.05, 0) is 25.2 Å². The summed E-state index contributed by atoms with van der Waals surface area (Å²) in [4.78, 5) is 22.1. The quantitative estimate of drug-likeness (QED) is 0.842. The van der Waals surface area contributed by atoms with E-state index in [4.69, 9.17) is 0 Å². The van der Waals surface area contributed by atoms with Gasteiger partial charge in [0.25, 0.3) is 0 Å². The number of anilines is 2. The Morgan fingerprint density at radius 1 is 1.35 bits per heavy atom. The summed E-state index contributed by atoms with van der Waals surface area (Å²) in [5.41, 5.74) is 1.99. The minimum absolute atomic E-state index is 0.0987. The van der Waals surface area contributed by atoms with Gasteiger partial charge in [-0.3, -0.25) is 4.79 Å². The van der Waals surface area contributed by atoms with Crippen LogP contribution in [0, 0.1) is 5.92 Å². The Kier molecular flexibility index (Phi) is 3.90. The number of hydrogen-bond donors (Lipinski definition) is 2. The normalized spacial score (nSPS) is 19.3. The Balaban J connectivity index is 1.61. The molecule has 1 aliphatic heterocycles. The van der Waals surface area contributed by atoms with Crippen molar-refractivity contribution in [2.24, 2.45) is 5.92 Å². The molecule has 0 bridgehead atoms. The van der Waals surface area contributed by atoms with Crippen LogP contribution >= 0.6 is 11.9 Å². The largest absolute Gasteiger partial charge is 0.368 e. The number of pyridine rings is 1. The smallest absolute Gasteiger partial charge is 0.228 e. The summed E-state index contributed by atoms with van der Waals surface area (Å²) in [5, 5.41) is 4.09. The molecule has 2 aliphatic rings. The van der Waals surface area contributed by atoms with Gasteiger partial charge in [-0.25, -0.2) is 9.29 Å². The zero-order valence-electron chi connectivity index (χ0n) is 13.2. The van der Waals surface area contributed by atoms with Crippen molar-refractivity contribution < 1.29 is 4.79 Å². The highest BCUT2D eigenvalue weighted by molar-refractivity contribution is 7.96. The number of H-pyrrole nitrogens is 1. The van der Waals surface area contributed by atoms with Crippen LogP contribution in [0.4, 0.5) is 11.5 Å². The summed E-state index contributed by atoms with van der Waals surface area (Å²) < 4.78 is 2.38. The summed E-state index contributed by atoms with van der Waals surface area (Å²) in [6, 6.07) is 4.08. The molecule has 6 nitrogen and oxygen atoms in total. The molecule has 1 saturated carbocycles. The van der Waals surface area contributed by atoms with E-state index in [9.17, 15) is 4.79 Å². The Bertz CT molecular complexity index is 718. The fraction of sp³-hybridized carbons (Fsp3) is 0.500. The van der Waals surface area contributed by atoms with Gasteiger partial charge < -0.3 is 15.2 Å². The van der Waals surface area contributed by atoms with Crippen molar-refractivity contribution in [2.45, 2.75) is 12.8 Å². The maximum atomic E-state index is 12.0. The number of aromatic nitrogens is 2. The van der Waals surface area contributed by atoms with Gasteiger partial charge in [0.05, 0.1) is 5.69 Å². The third kappa shape index (κ3) is 3.03. The number of nitrogens with one attached hydrogen (secondary N) is 2. The van der Waals surface area contributed by atoms with Crippen molar-refractivity contribution in [2.75, 3.05) is 42.7 Å². The molecule has 4 rings (SSSR count). The predicted octanol–water partition coefficient (Wildman–Crippen LogP) is 2.31. The lowest BCUT2D eigenvalue weighted by Crippen LogP contribution is -2.43. The predicted molar refractivity (Wildman–Crippen MR) is 94.7 cm³/mol. The second-order valence-corrected chi connectivity index (χ2v) is 7.01. The minimum atomic E-state index is 0.0987. The maximum Gasteiger partial charge on any atom is 0.228 e. The first kappa shape index (κ1) is 14.8. The van der Waals surface area contributed by atoms with Crippen LogP contribution in [0.15, 0.2) is 18.3 Å². The van der Waals surface area contributed by atoms with Crippen LogP contribution in [0.1, 0.15) is 12.8 Å². The number of nitrogens with zero attached hydrogens (tertiary/aromatic N) is 3.